The van der Waals surface area contributed by atoms with Crippen molar-refractivity contribution in [2.75, 3.05) is 33.2 Å². The first kappa shape index (κ1) is 22.5. The van der Waals surface area contributed by atoms with Crippen molar-refractivity contribution in [3.63, 3.8) is 0 Å². The third-order valence-corrected chi connectivity index (χ3v) is 6.00. The largest absolute Gasteiger partial charge is 0.497 e. The molecule has 1 aliphatic rings. The van der Waals surface area contributed by atoms with Gasteiger partial charge in [-0.25, -0.2) is 9.18 Å². The lowest BCUT2D eigenvalue weighted by Crippen LogP contribution is -2.43. The minimum Gasteiger partial charge on any atom is -0.497 e. The molecule has 0 aliphatic carbocycles. The van der Waals surface area contributed by atoms with Crippen LogP contribution in [0, 0.1) is 12.7 Å². The van der Waals surface area contributed by atoms with Gasteiger partial charge in [-0.3, -0.25) is 0 Å². The number of nitrogens with zero attached hydrogens (tertiary/aromatic N) is 1. The van der Waals surface area contributed by atoms with Crippen molar-refractivity contribution >= 4 is 11.7 Å². The summed E-state index contributed by atoms with van der Waals surface area (Å²) in [6.07, 6.45) is 0.655. The van der Waals surface area contributed by atoms with Crippen molar-refractivity contribution in [2.24, 2.45) is 0 Å². The number of carbonyl (C=O) groups is 1. The average Bonchev–Trinajstić information content (AvgIpc) is 2.84. The normalized spacial score (nSPS) is 14.9. The van der Waals surface area contributed by atoms with Crippen molar-refractivity contribution in [1.82, 2.24) is 4.90 Å². The third-order valence-electron chi connectivity index (χ3n) is 6.00. The van der Waals surface area contributed by atoms with Crippen LogP contribution in [0.25, 0.3) is 0 Å². The van der Waals surface area contributed by atoms with Gasteiger partial charge in [-0.15, -0.1) is 0 Å². The van der Waals surface area contributed by atoms with Crippen LogP contribution in [-0.2, 0) is 6.42 Å². The second-order valence-corrected chi connectivity index (χ2v) is 7.91. The first-order valence-electron chi connectivity index (χ1n) is 10.7. The van der Waals surface area contributed by atoms with Crippen LogP contribution < -0.4 is 19.5 Å². The van der Waals surface area contributed by atoms with Crippen LogP contribution in [0.1, 0.15) is 28.3 Å². The molecule has 0 saturated heterocycles. The number of hydrogen-bond donors (Lipinski definition) is 1. The summed E-state index contributed by atoms with van der Waals surface area (Å²) in [5.41, 5.74) is 4.39. The van der Waals surface area contributed by atoms with Crippen molar-refractivity contribution in [1.29, 1.82) is 0 Å². The van der Waals surface area contributed by atoms with Gasteiger partial charge in [0.25, 0.3) is 0 Å². The highest BCUT2D eigenvalue weighted by Crippen LogP contribution is 2.41. The van der Waals surface area contributed by atoms with Crippen molar-refractivity contribution < 1.29 is 23.4 Å². The van der Waals surface area contributed by atoms with E-state index in [9.17, 15) is 9.18 Å². The number of methoxy groups -OCH3 is 3. The molecule has 33 heavy (non-hydrogen) atoms. The molecule has 2 amide bonds. The minimum atomic E-state index is -0.410. The summed E-state index contributed by atoms with van der Waals surface area (Å²) in [6.45, 7) is 2.41. The zero-order chi connectivity index (χ0) is 23.5. The summed E-state index contributed by atoms with van der Waals surface area (Å²) < 4.78 is 29.9. The van der Waals surface area contributed by atoms with E-state index in [0.29, 0.717) is 30.2 Å². The van der Waals surface area contributed by atoms with E-state index in [4.69, 9.17) is 14.2 Å². The van der Waals surface area contributed by atoms with Gasteiger partial charge < -0.3 is 24.4 Å². The Bertz CT molecular complexity index is 1160. The number of urea groups is 1. The molecular formula is C26H27FN2O4. The van der Waals surface area contributed by atoms with Gasteiger partial charge in [-0.05, 0) is 78.1 Å². The first-order chi connectivity index (χ1) is 15.9. The van der Waals surface area contributed by atoms with E-state index in [1.807, 2.05) is 37.3 Å². The van der Waals surface area contributed by atoms with Crippen LogP contribution >= 0.6 is 0 Å². The van der Waals surface area contributed by atoms with E-state index < -0.39 is 6.04 Å². The number of hydrogen-bond acceptors (Lipinski definition) is 4. The molecule has 0 fully saturated rings. The van der Waals surface area contributed by atoms with E-state index in [-0.39, 0.29) is 11.8 Å². The third kappa shape index (κ3) is 4.44. The molecule has 0 bridgehead atoms. The monoisotopic (exact) mass is 450 g/mol. The molecule has 172 valence electrons. The SMILES string of the molecule is COc1ccc(NC(=O)N2CCc3cc(OC)c(OC)cc3C2c2ccc(F)cc2)c(C)c1. The fourth-order valence-corrected chi connectivity index (χ4v) is 4.26. The molecule has 3 aromatic carbocycles. The second kappa shape index (κ2) is 9.40. The fourth-order valence-electron chi connectivity index (χ4n) is 4.26. The molecule has 0 saturated carbocycles. The summed E-state index contributed by atoms with van der Waals surface area (Å²) in [5.74, 6) is 1.62. The minimum absolute atomic E-state index is 0.238. The van der Waals surface area contributed by atoms with Crippen LogP contribution in [0.5, 0.6) is 17.2 Å². The van der Waals surface area contributed by atoms with Gasteiger partial charge >= 0.3 is 6.03 Å². The number of benzene rings is 3. The van der Waals surface area contributed by atoms with Crippen molar-refractivity contribution in [2.45, 2.75) is 19.4 Å². The van der Waals surface area contributed by atoms with Crippen molar-refractivity contribution in [3.05, 3.63) is 82.7 Å². The van der Waals surface area contributed by atoms with Gasteiger partial charge in [0, 0.05) is 12.2 Å². The zero-order valence-corrected chi connectivity index (χ0v) is 19.1. The Morgan fingerprint density at radius 1 is 0.970 bits per heavy atom. The summed E-state index contributed by atoms with van der Waals surface area (Å²) in [4.78, 5) is 15.2. The Balaban J connectivity index is 1.74. The van der Waals surface area contributed by atoms with Gasteiger partial charge in [0.2, 0.25) is 0 Å². The lowest BCUT2D eigenvalue weighted by Gasteiger charge is -2.38. The lowest BCUT2D eigenvalue weighted by molar-refractivity contribution is 0.193. The highest BCUT2D eigenvalue weighted by Gasteiger charge is 2.33. The highest BCUT2D eigenvalue weighted by molar-refractivity contribution is 5.91. The summed E-state index contributed by atoms with van der Waals surface area (Å²) in [6, 6.07) is 15.0. The molecule has 0 spiro atoms. The molecular weight excluding hydrogens is 423 g/mol. The highest BCUT2D eigenvalue weighted by atomic mass is 19.1. The van der Waals surface area contributed by atoms with Crippen LogP contribution in [0.3, 0.4) is 0 Å². The number of amides is 2. The Morgan fingerprint density at radius 3 is 2.30 bits per heavy atom. The van der Waals surface area contributed by atoms with Gasteiger partial charge in [0.15, 0.2) is 11.5 Å². The first-order valence-corrected chi connectivity index (χ1v) is 10.7. The molecule has 1 aliphatic heterocycles. The number of ether oxygens (including phenoxy) is 3. The Morgan fingerprint density at radius 2 is 1.67 bits per heavy atom. The number of aryl methyl sites for hydroxylation is 1. The number of fused-ring (bicyclic) bond motifs is 1. The van der Waals surface area contributed by atoms with E-state index in [2.05, 4.69) is 5.32 Å². The molecule has 1 heterocycles. The lowest BCUT2D eigenvalue weighted by atomic mass is 9.88. The van der Waals surface area contributed by atoms with Gasteiger partial charge in [0.1, 0.15) is 11.6 Å². The second-order valence-electron chi connectivity index (χ2n) is 7.91. The summed E-state index contributed by atoms with van der Waals surface area (Å²) in [5, 5.41) is 3.03. The molecule has 6 nitrogen and oxygen atoms in total. The molecule has 0 aromatic heterocycles. The van der Waals surface area contributed by atoms with Gasteiger partial charge in [-0.2, -0.15) is 0 Å². The molecule has 0 radical (unpaired) electrons. The van der Waals surface area contributed by atoms with Crippen LogP contribution in [0.2, 0.25) is 0 Å². The maximum atomic E-state index is 13.7. The molecule has 7 heteroatoms. The molecule has 4 rings (SSSR count). The van der Waals surface area contributed by atoms with Crippen LogP contribution in [-0.4, -0.2) is 38.8 Å². The van der Waals surface area contributed by atoms with Crippen molar-refractivity contribution in [3.8, 4) is 17.2 Å². The number of nitrogens with one attached hydrogen (secondary N) is 1. The molecule has 3 aromatic rings. The van der Waals surface area contributed by atoms with Crippen LogP contribution in [0.4, 0.5) is 14.9 Å². The van der Waals surface area contributed by atoms with E-state index in [1.54, 1.807) is 38.4 Å². The van der Waals surface area contributed by atoms with E-state index in [0.717, 1.165) is 28.0 Å². The van der Waals surface area contributed by atoms with Gasteiger partial charge in [0.05, 0.1) is 27.4 Å². The molecule has 1 unspecified atom stereocenters. The smallest absolute Gasteiger partial charge is 0.322 e. The average molecular weight is 451 g/mol. The topological polar surface area (TPSA) is 60.0 Å². The number of carbonyl (C=O) groups excluding carboxylic acids is 1. The maximum Gasteiger partial charge on any atom is 0.322 e. The molecule has 1 atom stereocenters. The maximum absolute atomic E-state index is 13.7. The number of rotatable bonds is 5. The van der Waals surface area contributed by atoms with Crippen LogP contribution in [0.15, 0.2) is 54.6 Å². The summed E-state index contributed by atoms with van der Waals surface area (Å²) in [7, 11) is 4.78. The standard InChI is InChI=1S/C26H27FN2O4/c1-16-13-20(31-2)9-10-22(16)28-26(30)29-12-11-18-14-23(32-3)24(33-4)15-21(18)25(29)17-5-7-19(27)8-6-17/h5-10,13-15,25H,11-12H2,1-4H3,(H,28,30). The van der Waals surface area contributed by atoms with E-state index in [1.165, 1.54) is 12.1 Å². The predicted octanol–water partition coefficient (Wildman–Crippen LogP) is 5.34. The Kier molecular flexibility index (Phi) is 6.40. The predicted molar refractivity (Wildman–Crippen MR) is 125 cm³/mol. The van der Waals surface area contributed by atoms with Gasteiger partial charge in [-0.1, -0.05) is 12.1 Å². The Labute approximate surface area is 192 Å². The fraction of sp³-hybridized carbons (Fsp3) is 0.269. The number of anilines is 1. The zero-order valence-electron chi connectivity index (χ0n) is 19.1. The summed E-state index contributed by atoms with van der Waals surface area (Å²) >= 11 is 0. The molecule has 1 N–H and O–H groups in total. The Hall–Kier alpha value is -3.74. The quantitative estimate of drug-likeness (QED) is 0.570. The van der Waals surface area contributed by atoms with E-state index >= 15 is 0 Å². The number of halogens is 1.